The molecule has 29 heavy (non-hydrogen) atoms. The van der Waals surface area contributed by atoms with E-state index in [1.54, 1.807) is 24.0 Å². The topological polar surface area (TPSA) is 75.4 Å². The van der Waals surface area contributed by atoms with Gasteiger partial charge in [-0.15, -0.1) is 0 Å². The van der Waals surface area contributed by atoms with Crippen LogP contribution in [0.15, 0.2) is 41.2 Å². The number of hydrogen-bond acceptors (Lipinski definition) is 6. The van der Waals surface area contributed by atoms with Gasteiger partial charge in [-0.25, -0.2) is 14.4 Å². The number of hydrogen-bond donors (Lipinski definition) is 0. The number of halogens is 1. The Hall–Kier alpha value is -3.29. The molecule has 150 valence electrons. The van der Waals surface area contributed by atoms with E-state index in [1.807, 2.05) is 13.0 Å². The zero-order valence-electron chi connectivity index (χ0n) is 16.4. The molecule has 0 spiro atoms. The molecule has 2 aromatic heterocycles. The Kier molecular flexibility index (Phi) is 5.24. The first-order valence-corrected chi connectivity index (χ1v) is 9.57. The van der Waals surface area contributed by atoms with Crippen molar-refractivity contribution in [1.82, 2.24) is 20.0 Å². The molecule has 1 aliphatic heterocycles. The van der Waals surface area contributed by atoms with E-state index in [2.05, 4.69) is 20.0 Å². The molecular formula is C21H22FN5O2. The van der Waals surface area contributed by atoms with Crippen LogP contribution in [0, 0.1) is 19.7 Å². The summed E-state index contributed by atoms with van der Waals surface area (Å²) in [6.07, 6.45) is 2.31. The molecule has 4 rings (SSSR count). The van der Waals surface area contributed by atoms with Crippen LogP contribution in [0.25, 0.3) is 11.3 Å². The Bertz CT molecular complexity index is 1040. The van der Waals surface area contributed by atoms with Gasteiger partial charge in [0.1, 0.15) is 23.7 Å². The predicted molar refractivity (Wildman–Crippen MR) is 106 cm³/mol. The second kappa shape index (κ2) is 7.98. The SMILES string of the molecule is Cc1cc(C(=O)N2CCCN(c3cc(-c4cc(F)ccc4C)ncn3)CC2)no1. The fourth-order valence-corrected chi connectivity index (χ4v) is 3.52. The molecule has 8 heteroatoms. The van der Waals surface area contributed by atoms with Gasteiger partial charge in [-0.2, -0.15) is 0 Å². The van der Waals surface area contributed by atoms with Gasteiger partial charge in [0.2, 0.25) is 0 Å². The van der Waals surface area contributed by atoms with Gasteiger partial charge in [-0.05, 0) is 38.0 Å². The van der Waals surface area contributed by atoms with E-state index in [9.17, 15) is 9.18 Å². The van der Waals surface area contributed by atoms with Crippen LogP contribution in [0.2, 0.25) is 0 Å². The van der Waals surface area contributed by atoms with Crippen molar-refractivity contribution in [3.63, 3.8) is 0 Å². The number of carbonyl (C=O) groups excluding carboxylic acids is 1. The molecule has 0 radical (unpaired) electrons. The van der Waals surface area contributed by atoms with Crippen LogP contribution in [0.5, 0.6) is 0 Å². The Labute approximate surface area is 168 Å². The number of anilines is 1. The lowest BCUT2D eigenvalue weighted by molar-refractivity contribution is 0.0756. The minimum atomic E-state index is -0.294. The van der Waals surface area contributed by atoms with Crippen LogP contribution in [-0.2, 0) is 0 Å². The highest BCUT2D eigenvalue weighted by atomic mass is 19.1. The van der Waals surface area contributed by atoms with Crippen molar-refractivity contribution in [1.29, 1.82) is 0 Å². The number of amides is 1. The maximum atomic E-state index is 13.7. The van der Waals surface area contributed by atoms with Crippen molar-refractivity contribution in [3.8, 4) is 11.3 Å². The van der Waals surface area contributed by atoms with Crippen molar-refractivity contribution >= 4 is 11.7 Å². The van der Waals surface area contributed by atoms with Crippen LogP contribution in [0.4, 0.5) is 10.2 Å². The van der Waals surface area contributed by atoms with Crippen LogP contribution >= 0.6 is 0 Å². The maximum Gasteiger partial charge on any atom is 0.276 e. The van der Waals surface area contributed by atoms with Crippen molar-refractivity contribution in [2.24, 2.45) is 0 Å². The summed E-state index contributed by atoms with van der Waals surface area (Å²) in [4.78, 5) is 25.3. The number of carbonyl (C=O) groups is 1. The van der Waals surface area contributed by atoms with Crippen molar-refractivity contribution < 1.29 is 13.7 Å². The average molecular weight is 395 g/mol. The lowest BCUT2D eigenvalue weighted by Crippen LogP contribution is -2.35. The van der Waals surface area contributed by atoms with E-state index < -0.39 is 0 Å². The Morgan fingerprint density at radius 2 is 1.93 bits per heavy atom. The van der Waals surface area contributed by atoms with E-state index in [-0.39, 0.29) is 11.7 Å². The molecule has 0 atom stereocenters. The van der Waals surface area contributed by atoms with E-state index in [4.69, 9.17) is 4.52 Å². The van der Waals surface area contributed by atoms with Crippen molar-refractivity contribution in [2.45, 2.75) is 20.3 Å². The van der Waals surface area contributed by atoms with Gasteiger partial charge in [0.05, 0.1) is 5.69 Å². The fraction of sp³-hybridized carbons (Fsp3) is 0.333. The lowest BCUT2D eigenvalue weighted by atomic mass is 10.1. The average Bonchev–Trinajstić information content (AvgIpc) is 3.01. The maximum absolute atomic E-state index is 13.7. The molecule has 1 amide bonds. The molecule has 1 aromatic carbocycles. The van der Waals surface area contributed by atoms with E-state index in [1.165, 1.54) is 18.5 Å². The first kappa shape index (κ1) is 19.0. The molecule has 1 saturated heterocycles. The molecule has 3 heterocycles. The largest absolute Gasteiger partial charge is 0.361 e. The number of nitrogens with zero attached hydrogens (tertiary/aromatic N) is 5. The summed E-state index contributed by atoms with van der Waals surface area (Å²) in [6.45, 7) is 6.30. The van der Waals surface area contributed by atoms with Crippen molar-refractivity contribution in [3.05, 3.63) is 59.5 Å². The molecule has 0 bridgehead atoms. The molecule has 1 fully saturated rings. The number of aryl methyl sites for hydroxylation is 2. The second-order valence-electron chi connectivity index (χ2n) is 7.18. The number of benzene rings is 1. The van der Waals surface area contributed by atoms with E-state index in [0.717, 1.165) is 29.9 Å². The molecule has 0 N–H and O–H groups in total. The van der Waals surface area contributed by atoms with E-state index in [0.29, 0.717) is 36.8 Å². The summed E-state index contributed by atoms with van der Waals surface area (Å²) < 4.78 is 18.7. The first-order valence-electron chi connectivity index (χ1n) is 9.57. The Balaban J connectivity index is 1.51. The van der Waals surface area contributed by atoms with Gasteiger partial charge in [-0.1, -0.05) is 11.2 Å². The van der Waals surface area contributed by atoms with Crippen LogP contribution in [0.1, 0.15) is 28.2 Å². The second-order valence-corrected chi connectivity index (χ2v) is 7.18. The molecule has 0 unspecified atom stereocenters. The number of rotatable bonds is 3. The zero-order chi connectivity index (χ0) is 20.4. The van der Waals surface area contributed by atoms with Crippen LogP contribution in [-0.4, -0.2) is 52.1 Å². The molecule has 3 aromatic rings. The van der Waals surface area contributed by atoms with E-state index >= 15 is 0 Å². The zero-order valence-corrected chi connectivity index (χ0v) is 16.4. The number of aromatic nitrogens is 3. The molecule has 1 aliphatic rings. The predicted octanol–water partition coefficient (Wildman–Crippen LogP) is 3.24. The summed E-state index contributed by atoms with van der Waals surface area (Å²) in [5.74, 6) is 0.969. The molecule has 7 nitrogen and oxygen atoms in total. The fourth-order valence-electron chi connectivity index (χ4n) is 3.52. The minimum Gasteiger partial charge on any atom is -0.361 e. The third-order valence-electron chi connectivity index (χ3n) is 5.08. The summed E-state index contributed by atoms with van der Waals surface area (Å²) in [7, 11) is 0. The highest BCUT2D eigenvalue weighted by molar-refractivity contribution is 5.92. The third-order valence-corrected chi connectivity index (χ3v) is 5.08. The third kappa shape index (κ3) is 4.11. The quantitative estimate of drug-likeness (QED) is 0.678. The summed E-state index contributed by atoms with van der Waals surface area (Å²) in [5.41, 5.74) is 2.72. The summed E-state index contributed by atoms with van der Waals surface area (Å²) >= 11 is 0. The van der Waals surface area contributed by atoms with Crippen molar-refractivity contribution in [2.75, 3.05) is 31.1 Å². The van der Waals surface area contributed by atoms with Gasteiger partial charge >= 0.3 is 0 Å². The highest BCUT2D eigenvalue weighted by Gasteiger charge is 2.23. The minimum absolute atomic E-state index is 0.123. The Morgan fingerprint density at radius 3 is 2.72 bits per heavy atom. The van der Waals surface area contributed by atoms with Gasteiger partial charge in [0.15, 0.2) is 5.69 Å². The monoisotopic (exact) mass is 395 g/mol. The van der Waals surface area contributed by atoms with Gasteiger partial charge < -0.3 is 14.3 Å². The highest BCUT2D eigenvalue weighted by Crippen LogP contribution is 2.25. The molecular weight excluding hydrogens is 373 g/mol. The van der Waals surface area contributed by atoms with Gasteiger partial charge in [-0.3, -0.25) is 4.79 Å². The lowest BCUT2D eigenvalue weighted by Gasteiger charge is -2.22. The standard InChI is InChI=1S/C21H22FN5O2/c1-14-4-5-16(22)11-17(14)18-12-20(24-13-23-18)26-6-3-7-27(9-8-26)21(28)19-10-15(2)29-25-19/h4-5,10-13H,3,6-9H2,1-2H3. The normalized spacial score (nSPS) is 14.7. The first-order chi connectivity index (χ1) is 14.0. The summed E-state index contributed by atoms with van der Waals surface area (Å²) in [6, 6.07) is 8.21. The Morgan fingerprint density at radius 1 is 1.07 bits per heavy atom. The van der Waals surface area contributed by atoms with Crippen LogP contribution in [0.3, 0.4) is 0 Å². The smallest absolute Gasteiger partial charge is 0.276 e. The summed E-state index contributed by atoms with van der Waals surface area (Å²) in [5, 5.41) is 3.83. The van der Waals surface area contributed by atoms with Gasteiger partial charge in [0.25, 0.3) is 5.91 Å². The van der Waals surface area contributed by atoms with Gasteiger partial charge in [0, 0.05) is 43.9 Å². The molecule has 0 aliphatic carbocycles. The van der Waals surface area contributed by atoms with Crippen LogP contribution < -0.4 is 4.90 Å². The molecule has 0 saturated carbocycles.